The SMILES string of the molecule is COc1cc(C=Nc2ccc(N3CCOCC3)cc2)c(Br)cc1OCc1ccc(C)cc1. The Hall–Kier alpha value is -2.83. The van der Waals surface area contributed by atoms with Gasteiger partial charge in [-0.25, -0.2) is 0 Å². The molecule has 0 aliphatic carbocycles. The van der Waals surface area contributed by atoms with E-state index in [0.717, 1.165) is 47.6 Å². The molecular formula is C26H27BrN2O3. The third-order valence-electron chi connectivity index (χ3n) is 5.38. The summed E-state index contributed by atoms with van der Waals surface area (Å²) in [6, 6.07) is 20.4. The molecule has 166 valence electrons. The number of aliphatic imine (C=N–C) groups is 1. The van der Waals surface area contributed by atoms with Gasteiger partial charge < -0.3 is 19.1 Å². The zero-order chi connectivity index (χ0) is 22.3. The molecule has 0 saturated carbocycles. The first kappa shape index (κ1) is 22.4. The number of benzene rings is 3. The molecule has 0 bridgehead atoms. The van der Waals surface area contributed by atoms with Crippen molar-refractivity contribution in [3.8, 4) is 11.5 Å². The molecule has 32 heavy (non-hydrogen) atoms. The average Bonchev–Trinajstić information content (AvgIpc) is 2.84. The Morgan fingerprint density at radius 2 is 1.72 bits per heavy atom. The van der Waals surface area contributed by atoms with E-state index in [4.69, 9.17) is 14.2 Å². The van der Waals surface area contributed by atoms with Gasteiger partial charge in [-0.2, -0.15) is 0 Å². The largest absolute Gasteiger partial charge is 0.493 e. The van der Waals surface area contributed by atoms with Crippen molar-refractivity contribution >= 4 is 33.5 Å². The number of halogens is 1. The van der Waals surface area contributed by atoms with Gasteiger partial charge in [0.25, 0.3) is 0 Å². The Kier molecular flexibility index (Phi) is 7.45. The quantitative estimate of drug-likeness (QED) is 0.381. The van der Waals surface area contributed by atoms with E-state index in [1.165, 1.54) is 11.3 Å². The zero-order valence-corrected chi connectivity index (χ0v) is 20.0. The molecule has 4 rings (SSSR count). The van der Waals surface area contributed by atoms with Gasteiger partial charge in [-0.3, -0.25) is 4.99 Å². The van der Waals surface area contributed by atoms with Crippen molar-refractivity contribution in [3.63, 3.8) is 0 Å². The third-order valence-corrected chi connectivity index (χ3v) is 6.06. The highest BCUT2D eigenvalue weighted by Gasteiger charge is 2.12. The number of rotatable bonds is 7. The van der Waals surface area contributed by atoms with Crippen molar-refractivity contribution < 1.29 is 14.2 Å². The number of hydrogen-bond donors (Lipinski definition) is 0. The molecule has 1 aliphatic rings. The molecule has 1 aliphatic heterocycles. The van der Waals surface area contributed by atoms with E-state index in [1.54, 1.807) is 7.11 Å². The van der Waals surface area contributed by atoms with Crippen molar-refractivity contribution in [2.75, 3.05) is 38.3 Å². The van der Waals surface area contributed by atoms with E-state index in [-0.39, 0.29) is 0 Å². The molecule has 3 aromatic carbocycles. The van der Waals surface area contributed by atoms with Gasteiger partial charge >= 0.3 is 0 Å². The number of anilines is 1. The highest BCUT2D eigenvalue weighted by atomic mass is 79.9. The Balaban J connectivity index is 1.45. The van der Waals surface area contributed by atoms with E-state index >= 15 is 0 Å². The molecule has 1 heterocycles. The summed E-state index contributed by atoms with van der Waals surface area (Å²) in [5.41, 5.74) is 5.35. The first-order chi connectivity index (χ1) is 15.6. The zero-order valence-electron chi connectivity index (χ0n) is 18.4. The van der Waals surface area contributed by atoms with Crippen LogP contribution in [0.4, 0.5) is 11.4 Å². The predicted octanol–water partition coefficient (Wildman–Crippen LogP) is 5.93. The van der Waals surface area contributed by atoms with Crippen LogP contribution < -0.4 is 14.4 Å². The number of nitrogens with zero attached hydrogens (tertiary/aromatic N) is 2. The lowest BCUT2D eigenvalue weighted by Gasteiger charge is -2.28. The van der Waals surface area contributed by atoms with Crippen LogP contribution in [0.2, 0.25) is 0 Å². The molecule has 0 aromatic heterocycles. The van der Waals surface area contributed by atoms with E-state index in [9.17, 15) is 0 Å². The predicted molar refractivity (Wildman–Crippen MR) is 133 cm³/mol. The van der Waals surface area contributed by atoms with Gasteiger partial charge in [0.1, 0.15) is 6.61 Å². The van der Waals surface area contributed by atoms with Crippen LogP contribution in [-0.2, 0) is 11.3 Å². The number of morpholine rings is 1. The van der Waals surface area contributed by atoms with Crippen LogP contribution in [0.15, 0.2) is 70.1 Å². The Bertz CT molecular complexity index is 1060. The van der Waals surface area contributed by atoms with Crippen molar-refractivity contribution in [3.05, 3.63) is 81.8 Å². The molecule has 0 radical (unpaired) electrons. The average molecular weight is 495 g/mol. The molecule has 0 amide bonds. The van der Waals surface area contributed by atoms with Crippen LogP contribution in [0.1, 0.15) is 16.7 Å². The fraction of sp³-hybridized carbons (Fsp3) is 0.269. The summed E-state index contributed by atoms with van der Waals surface area (Å²) in [5.74, 6) is 1.36. The van der Waals surface area contributed by atoms with E-state index in [1.807, 2.05) is 30.5 Å². The Morgan fingerprint density at radius 3 is 2.41 bits per heavy atom. The second-order valence-electron chi connectivity index (χ2n) is 7.67. The van der Waals surface area contributed by atoms with Gasteiger partial charge in [0.2, 0.25) is 0 Å². The maximum absolute atomic E-state index is 6.01. The first-order valence-corrected chi connectivity index (χ1v) is 11.4. The molecule has 3 aromatic rings. The lowest BCUT2D eigenvalue weighted by molar-refractivity contribution is 0.122. The molecule has 1 saturated heterocycles. The molecule has 6 heteroatoms. The fourth-order valence-electron chi connectivity index (χ4n) is 3.48. The molecule has 0 unspecified atom stereocenters. The highest BCUT2D eigenvalue weighted by Crippen LogP contribution is 2.34. The van der Waals surface area contributed by atoms with Gasteiger partial charge in [0.05, 0.1) is 26.0 Å². The Morgan fingerprint density at radius 1 is 1.00 bits per heavy atom. The number of ether oxygens (including phenoxy) is 3. The lowest BCUT2D eigenvalue weighted by atomic mass is 10.1. The maximum atomic E-state index is 6.01. The van der Waals surface area contributed by atoms with Crippen LogP contribution in [0.5, 0.6) is 11.5 Å². The highest BCUT2D eigenvalue weighted by molar-refractivity contribution is 9.10. The van der Waals surface area contributed by atoms with Crippen molar-refractivity contribution in [1.29, 1.82) is 0 Å². The molecule has 0 spiro atoms. The van der Waals surface area contributed by atoms with E-state index in [0.29, 0.717) is 18.1 Å². The van der Waals surface area contributed by atoms with Crippen LogP contribution in [0, 0.1) is 6.92 Å². The standard InChI is InChI=1S/C26H27BrN2O3/c1-19-3-5-20(6-4-19)18-32-26-16-24(27)21(15-25(26)30-2)17-28-22-7-9-23(10-8-22)29-11-13-31-14-12-29/h3-10,15-17H,11-14,18H2,1-2H3. The topological polar surface area (TPSA) is 43.3 Å². The summed E-state index contributed by atoms with van der Waals surface area (Å²) >= 11 is 3.64. The van der Waals surface area contributed by atoms with Gasteiger partial charge in [-0.15, -0.1) is 0 Å². The van der Waals surface area contributed by atoms with E-state index in [2.05, 4.69) is 69.1 Å². The minimum Gasteiger partial charge on any atom is -0.493 e. The van der Waals surface area contributed by atoms with Gasteiger partial charge in [-0.05, 0) is 64.8 Å². The maximum Gasteiger partial charge on any atom is 0.162 e. The minimum absolute atomic E-state index is 0.478. The van der Waals surface area contributed by atoms with Crippen molar-refractivity contribution in [2.24, 2.45) is 4.99 Å². The van der Waals surface area contributed by atoms with Crippen LogP contribution in [-0.4, -0.2) is 39.6 Å². The van der Waals surface area contributed by atoms with Gasteiger partial charge in [0.15, 0.2) is 11.5 Å². The summed E-state index contributed by atoms with van der Waals surface area (Å²) in [7, 11) is 1.65. The van der Waals surface area contributed by atoms with Crippen molar-refractivity contribution in [2.45, 2.75) is 13.5 Å². The van der Waals surface area contributed by atoms with Crippen LogP contribution in [0.3, 0.4) is 0 Å². The summed E-state index contributed by atoms with van der Waals surface area (Å²) in [6.07, 6.45) is 1.83. The number of aryl methyl sites for hydroxylation is 1. The molecule has 0 N–H and O–H groups in total. The van der Waals surface area contributed by atoms with Crippen LogP contribution >= 0.6 is 15.9 Å². The summed E-state index contributed by atoms with van der Waals surface area (Å²) in [6.45, 7) is 5.96. The summed E-state index contributed by atoms with van der Waals surface area (Å²) in [4.78, 5) is 6.96. The normalized spacial score (nSPS) is 14.0. The van der Waals surface area contributed by atoms with Gasteiger partial charge in [-0.1, -0.05) is 29.8 Å². The second kappa shape index (κ2) is 10.7. The number of methoxy groups -OCH3 is 1. The van der Waals surface area contributed by atoms with Gasteiger partial charge in [0, 0.05) is 35.0 Å². The molecule has 0 atom stereocenters. The van der Waals surface area contributed by atoms with Crippen LogP contribution in [0.25, 0.3) is 0 Å². The second-order valence-corrected chi connectivity index (χ2v) is 8.53. The Labute approximate surface area is 197 Å². The third kappa shape index (κ3) is 5.69. The summed E-state index contributed by atoms with van der Waals surface area (Å²) in [5, 5.41) is 0. The first-order valence-electron chi connectivity index (χ1n) is 10.6. The minimum atomic E-state index is 0.478. The monoisotopic (exact) mass is 494 g/mol. The van der Waals surface area contributed by atoms with Crippen molar-refractivity contribution in [1.82, 2.24) is 0 Å². The molecule has 1 fully saturated rings. The summed E-state index contributed by atoms with van der Waals surface area (Å²) < 4.78 is 17.9. The number of hydrogen-bond acceptors (Lipinski definition) is 5. The van der Waals surface area contributed by atoms with E-state index < -0.39 is 0 Å². The fourth-order valence-corrected chi connectivity index (χ4v) is 3.91. The molecule has 5 nitrogen and oxygen atoms in total. The lowest BCUT2D eigenvalue weighted by Crippen LogP contribution is -2.36. The smallest absolute Gasteiger partial charge is 0.162 e. The molecular weight excluding hydrogens is 468 g/mol.